The number of nitrogens with zero attached hydrogens (tertiary/aromatic N) is 2. The maximum absolute atomic E-state index is 13.1. The summed E-state index contributed by atoms with van der Waals surface area (Å²) in [5.41, 5.74) is 1.73. The maximum Gasteiger partial charge on any atom is 0.126 e. The molecule has 2 rings (SSSR count). The molecule has 1 aromatic carbocycles. The summed E-state index contributed by atoms with van der Waals surface area (Å²) in [6.07, 6.45) is 2.57. The van der Waals surface area contributed by atoms with E-state index in [2.05, 4.69) is 10.4 Å². The van der Waals surface area contributed by atoms with Gasteiger partial charge in [-0.15, -0.1) is 0 Å². The van der Waals surface area contributed by atoms with Crippen LogP contribution in [0.25, 0.3) is 0 Å². The Morgan fingerprint density at radius 1 is 1.26 bits per heavy atom. The first-order valence-electron chi connectivity index (χ1n) is 6.22. The van der Waals surface area contributed by atoms with Crippen LogP contribution in [0.3, 0.4) is 0 Å². The number of halogens is 2. The fourth-order valence-corrected chi connectivity index (χ4v) is 2.01. The van der Waals surface area contributed by atoms with E-state index in [1.54, 1.807) is 6.20 Å². The van der Waals surface area contributed by atoms with Crippen LogP contribution in [0.4, 0.5) is 8.78 Å². The highest BCUT2D eigenvalue weighted by atomic mass is 19.1. The van der Waals surface area contributed by atoms with Crippen LogP contribution in [-0.2, 0) is 13.5 Å². The fourth-order valence-electron chi connectivity index (χ4n) is 2.01. The number of hydrogen-bond acceptors (Lipinski definition) is 2. The van der Waals surface area contributed by atoms with E-state index in [1.807, 2.05) is 24.7 Å². The fraction of sp³-hybridized carbons (Fsp3) is 0.357. The van der Waals surface area contributed by atoms with Crippen molar-refractivity contribution in [2.24, 2.45) is 7.05 Å². The average molecular weight is 265 g/mol. The van der Waals surface area contributed by atoms with Gasteiger partial charge in [0.15, 0.2) is 0 Å². The lowest BCUT2D eigenvalue weighted by molar-refractivity contribution is 0.541. The van der Waals surface area contributed by atoms with Crippen molar-refractivity contribution in [3.8, 4) is 0 Å². The molecule has 1 unspecified atom stereocenters. The van der Waals surface area contributed by atoms with E-state index < -0.39 is 11.6 Å². The number of rotatable bonds is 5. The van der Waals surface area contributed by atoms with Gasteiger partial charge >= 0.3 is 0 Å². The molecule has 1 N–H and O–H groups in total. The Morgan fingerprint density at radius 2 is 1.95 bits per heavy atom. The lowest BCUT2D eigenvalue weighted by Gasteiger charge is -2.14. The van der Waals surface area contributed by atoms with Crippen molar-refractivity contribution >= 4 is 0 Å². The van der Waals surface area contributed by atoms with E-state index in [4.69, 9.17) is 0 Å². The zero-order valence-electron chi connectivity index (χ0n) is 11.0. The van der Waals surface area contributed by atoms with Gasteiger partial charge in [-0.25, -0.2) is 8.78 Å². The number of aromatic nitrogens is 2. The first-order chi connectivity index (χ1) is 9.06. The topological polar surface area (TPSA) is 29.9 Å². The van der Waals surface area contributed by atoms with Crippen molar-refractivity contribution in [1.29, 1.82) is 0 Å². The molecule has 0 saturated carbocycles. The summed E-state index contributed by atoms with van der Waals surface area (Å²) >= 11 is 0. The van der Waals surface area contributed by atoms with E-state index >= 15 is 0 Å². The second-order valence-electron chi connectivity index (χ2n) is 4.57. The van der Waals surface area contributed by atoms with Gasteiger partial charge in [-0.3, -0.25) is 4.68 Å². The van der Waals surface area contributed by atoms with Crippen LogP contribution < -0.4 is 5.32 Å². The highest BCUT2D eigenvalue weighted by molar-refractivity contribution is 5.20. The van der Waals surface area contributed by atoms with Crippen molar-refractivity contribution < 1.29 is 8.78 Å². The molecule has 1 atom stereocenters. The van der Waals surface area contributed by atoms with Gasteiger partial charge < -0.3 is 5.32 Å². The van der Waals surface area contributed by atoms with Crippen LogP contribution in [0.15, 0.2) is 30.5 Å². The van der Waals surface area contributed by atoms with Crippen LogP contribution in [0.2, 0.25) is 0 Å². The summed E-state index contributed by atoms with van der Waals surface area (Å²) in [6.45, 7) is 2.61. The standard InChI is InChI=1S/C14H17F2N3/c1-10(11-7-12(15)9-13(16)8-11)17-5-3-14-4-6-18-19(14)2/h4,6-10,17H,3,5H2,1-2H3. The summed E-state index contributed by atoms with van der Waals surface area (Å²) in [6, 6.07) is 5.44. The lowest BCUT2D eigenvalue weighted by atomic mass is 10.1. The first kappa shape index (κ1) is 13.7. The summed E-state index contributed by atoms with van der Waals surface area (Å²) in [4.78, 5) is 0. The Balaban J connectivity index is 1.90. The number of hydrogen-bond donors (Lipinski definition) is 1. The molecule has 0 aliphatic heterocycles. The minimum Gasteiger partial charge on any atom is -0.310 e. The number of nitrogens with one attached hydrogen (secondary N) is 1. The van der Waals surface area contributed by atoms with E-state index in [9.17, 15) is 8.78 Å². The van der Waals surface area contributed by atoms with Gasteiger partial charge in [-0.2, -0.15) is 5.10 Å². The predicted octanol–water partition coefficient (Wildman–Crippen LogP) is 2.59. The molecule has 2 aromatic rings. The van der Waals surface area contributed by atoms with Gasteiger partial charge in [-0.05, 0) is 30.7 Å². The van der Waals surface area contributed by atoms with Crippen LogP contribution in [0.5, 0.6) is 0 Å². The van der Waals surface area contributed by atoms with E-state index in [0.717, 1.165) is 24.7 Å². The first-order valence-corrected chi connectivity index (χ1v) is 6.22. The van der Waals surface area contributed by atoms with E-state index in [1.165, 1.54) is 12.1 Å². The molecule has 19 heavy (non-hydrogen) atoms. The Hall–Kier alpha value is -1.75. The summed E-state index contributed by atoms with van der Waals surface area (Å²) in [7, 11) is 1.89. The van der Waals surface area contributed by atoms with Crippen molar-refractivity contribution in [2.45, 2.75) is 19.4 Å². The van der Waals surface area contributed by atoms with Crippen LogP contribution in [0.1, 0.15) is 24.2 Å². The molecule has 0 spiro atoms. The van der Waals surface area contributed by atoms with Gasteiger partial charge in [0.1, 0.15) is 11.6 Å². The SMILES string of the molecule is CC(NCCc1ccnn1C)c1cc(F)cc(F)c1. The highest BCUT2D eigenvalue weighted by Gasteiger charge is 2.08. The van der Waals surface area contributed by atoms with Gasteiger partial charge in [-0.1, -0.05) is 0 Å². The molecule has 0 saturated heterocycles. The lowest BCUT2D eigenvalue weighted by Crippen LogP contribution is -2.22. The molecular weight excluding hydrogens is 248 g/mol. The molecule has 102 valence electrons. The van der Waals surface area contributed by atoms with Gasteiger partial charge in [0, 0.05) is 44.0 Å². The average Bonchev–Trinajstić information content (AvgIpc) is 2.74. The molecular formula is C14H17F2N3. The molecule has 0 amide bonds. The Morgan fingerprint density at radius 3 is 2.53 bits per heavy atom. The molecule has 0 fully saturated rings. The minimum absolute atomic E-state index is 0.0987. The molecule has 5 heteroatoms. The van der Waals surface area contributed by atoms with Crippen molar-refractivity contribution in [1.82, 2.24) is 15.1 Å². The third-order valence-corrected chi connectivity index (χ3v) is 3.14. The quantitative estimate of drug-likeness (QED) is 0.900. The number of aryl methyl sites for hydroxylation is 1. The van der Waals surface area contributed by atoms with Crippen LogP contribution in [-0.4, -0.2) is 16.3 Å². The molecule has 3 nitrogen and oxygen atoms in total. The molecule has 0 aliphatic carbocycles. The van der Waals surface area contributed by atoms with Gasteiger partial charge in [0.25, 0.3) is 0 Å². The molecule has 0 bridgehead atoms. The van der Waals surface area contributed by atoms with Crippen LogP contribution in [0, 0.1) is 11.6 Å². The summed E-state index contributed by atoms with van der Waals surface area (Å²) in [5.74, 6) is -1.09. The minimum atomic E-state index is -0.546. The Bertz CT molecular complexity index is 531. The smallest absolute Gasteiger partial charge is 0.126 e. The predicted molar refractivity (Wildman–Crippen MR) is 69.7 cm³/mol. The monoisotopic (exact) mass is 265 g/mol. The third kappa shape index (κ3) is 3.61. The van der Waals surface area contributed by atoms with Crippen molar-refractivity contribution in [3.63, 3.8) is 0 Å². The Labute approximate surface area is 111 Å². The summed E-state index contributed by atoms with van der Waals surface area (Å²) < 4.78 is 28.0. The van der Waals surface area contributed by atoms with Gasteiger partial charge in [0.2, 0.25) is 0 Å². The molecule has 1 aromatic heterocycles. The maximum atomic E-state index is 13.1. The van der Waals surface area contributed by atoms with E-state index in [-0.39, 0.29) is 6.04 Å². The zero-order valence-corrected chi connectivity index (χ0v) is 11.0. The second-order valence-corrected chi connectivity index (χ2v) is 4.57. The molecule has 0 radical (unpaired) electrons. The molecule has 1 heterocycles. The van der Waals surface area contributed by atoms with E-state index in [0.29, 0.717) is 5.56 Å². The second kappa shape index (κ2) is 5.93. The normalized spacial score (nSPS) is 12.6. The van der Waals surface area contributed by atoms with Crippen molar-refractivity contribution in [2.75, 3.05) is 6.54 Å². The van der Waals surface area contributed by atoms with Gasteiger partial charge in [0.05, 0.1) is 0 Å². The van der Waals surface area contributed by atoms with Crippen molar-refractivity contribution in [3.05, 3.63) is 53.4 Å². The summed E-state index contributed by atoms with van der Waals surface area (Å²) in [5, 5.41) is 7.33. The largest absolute Gasteiger partial charge is 0.310 e. The molecule has 0 aliphatic rings. The van der Waals surface area contributed by atoms with Crippen LogP contribution >= 0.6 is 0 Å². The number of benzene rings is 1. The third-order valence-electron chi connectivity index (χ3n) is 3.14. The zero-order chi connectivity index (χ0) is 13.8. The Kier molecular flexibility index (Phi) is 4.27. The highest BCUT2D eigenvalue weighted by Crippen LogP contribution is 2.15.